The highest BCUT2D eigenvalue weighted by atomic mass is 16.5. The number of hydrogen-bond donors (Lipinski definition) is 0. The molecule has 0 saturated heterocycles. The van der Waals surface area contributed by atoms with Crippen molar-refractivity contribution in [1.29, 1.82) is 0 Å². The van der Waals surface area contributed by atoms with E-state index in [1.807, 2.05) is 24.3 Å². The van der Waals surface area contributed by atoms with Gasteiger partial charge < -0.3 is 4.74 Å². The van der Waals surface area contributed by atoms with Crippen LogP contribution in [0.3, 0.4) is 0 Å². The van der Waals surface area contributed by atoms with Gasteiger partial charge in [-0.25, -0.2) is 4.99 Å². The zero-order valence-electron chi connectivity index (χ0n) is 11.4. The van der Waals surface area contributed by atoms with E-state index in [1.165, 1.54) is 37.8 Å². The Labute approximate surface area is 114 Å². The maximum absolute atomic E-state index is 5.17. The van der Waals surface area contributed by atoms with E-state index in [-0.39, 0.29) is 0 Å². The van der Waals surface area contributed by atoms with Gasteiger partial charge in [0.2, 0.25) is 0 Å². The highest BCUT2D eigenvalue weighted by molar-refractivity contribution is 6.12. The fourth-order valence-corrected chi connectivity index (χ4v) is 2.91. The van der Waals surface area contributed by atoms with Gasteiger partial charge in [0.15, 0.2) is 5.84 Å². The van der Waals surface area contributed by atoms with Crippen molar-refractivity contribution >= 4 is 11.5 Å². The molecule has 0 aromatic heterocycles. The molecule has 0 amide bonds. The van der Waals surface area contributed by atoms with E-state index in [1.54, 1.807) is 7.11 Å². The lowest BCUT2D eigenvalue weighted by atomic mass is 9.86. The number of nitrogens with zero attached hydrogens (tertiary/aromatic N) is 2. The third kappa shape index (κ3) is 2.70. The van der Waals surface area contributed by atoms with Crippen molar-refractivity contribution in [2.24, 2.45) is 15.9 Å². The van der Waals surface area contributed by atoms with Crippen LogP contribution in [0.4, 0.5) is 0 Å². The molecule has 2 aliphatic rings. The third-order valence-corrected chi connectivity index (χ3v) is 4.06. The highest BCUT2D eigenvalue weighted by Gasteiger charge is 2.22. The van der Waals surface area contributed by atoms with Crippen LogP contribution in [0.15, 0.2) is 34.3 Å². The quantitative estimate of drug-likeness (QED) is 0.815. The molecule has 100 valence electrons. The van der Waals surface area contributed by atoms with E-state index in [4.69, 9.17) is 9.73 Å². The molecule has 0 spiro atoms. The van der Waals surface area contributed by atoms with E-state index in [9.17, 15) is 0 Å². The lowest BCUT2D eigenvalue weighted by molar-refractivity contribution is 0.415. The predicted molar refractivity (Wildman–Crippen MR) is 78.4 cm³/mol. The second kappa shape index (κ2) is 5.55. The molecule has 1 heterocycles. The maximum Gasteiger partial charge on any atom is 0.154 e. The molecule has 1 aromatic rings. The number of ether oxygens (including phenoxy) is 1. The molecule has 0 bridgehead atoms. The first-order valence-electron chi connectivity index (χ1n) is 7.13. The van der Waals surface area contributed by atoms with Crippen LogP contribution < -0.4 is 4.74 Å². The highest BCUT2D eigenvalue weighted by Crippen LogP contribution is 2.27. The third-order valence-electron chi connectivity index (χ3n) is 4.06. The molecule has 0 radical (unpaired) electrons. The van der Waals surface area contributed by atoms with Crippen LogP contribution >= 0.6 is 0 Å². The lowest BCUT2D eigenvalue weighted by Gasteiger charge is -2.20. The van der Waals surface area contributed by atoms with Crippen LogP contribution in [0, 0.1) is 5.92 Å². The first-order valence-corrected chi connectivity index (χ1v) is 7.13. The number of hydrogen-bond acceptors (Lipinski definition) is 3. The smallest absolute Gasteiger partial charge is 0.154 e. The Bertz CT molecular complexity index is 496. The standard InChI is InChI=1S/C16H20N2O/c1-19-14-9-7-13(8-10-14)16-17-11-15(18-16)12-5-3-2-4-6-12/h7-10,12H,2-6,11H2,1H3. The Morgan fingerprint density at radius 3 is 2.47 bits per heavy atom. The first-order chi connectivity index (χ1) is 9.36. The Kier molecular flexibility index (Phi) is 3.62. The minimum atomic E-state index is 0.674. The monoisotopic (exact) mass is 256 g/mol. The topological polar surface area (TPSA) is 34.0 Å². The van der Waals surface area contributed by atoms with Gasteiger partial charge in [-0.15, -0.1) is 0 Å². The average molecular weight is 256 g/mol. The minimum absolute atomic E-state index is 0.674. The summed E-state index contributed by atoms with van der Waals surface area (Å²) in [6.07, 6.45) is 6.67. The zero-order valence-corrected chi connectivity index (χ0v) is 11.4. The van der Waals surface area contributed by atoms with Crippen molar-refractivity contribution < 1.29 is 4.74 Å². The van der Waals surface area contributed by atoms with Gasteiger partial charge in [-0.2, -0.15) is 0 Å². The Morgan fingerprint density at radius 2 is 1.79 bits per heavy atom. The molecule has 1 fully saturated rings. The Balaban J connectivity index is 1.73. The fraction of sp³-hybridized carbons (Fsp3) is 0.500. The van der Waals surface area contributed by atoms with Crippen LogP contribution in [-0.2, 0) is 0 Å². The summed E-state index contributed by atoms with van der Waals surface area (Å²) in [5, 5.41) is 0. The van der Waals surface area contributed by atoms with Crippen molar-refractivity contribution in [3.05, 3.63) is 29.8 Å². The van der Waals surface area contributed by atoms with Gasteiger partial charge >= 0.3 is 0 Å². The van der Waals surface area contributed by atoms with Crippen molar-refractivity contribution in [2.45, 2.75) is 32.1 Å². The summed E-state index contributed by atoms with van der Waals surface area (Å²) in [6.45, 7) is 0.798. The number of benzene rings is 1. The SMILES string of the molecule is COc1ccc(C2=NCC(C3CCCCC3)=N2)cc1. The molecule has 19 heavy (non-hydrogen) atoms. The van der Waals surface area contributed by atoms with E-state index in [0.717, 1.165) is 23.7 Å². The van der Waals surface area contributed by atoms with Crippen molar-refractivity contribution in [3.63, 3.8) is 0 Å². The second-order valence-electron chi connectivity index (χ2n) is 5.31. The van der Waals surface area contributed by atoms with E-state index >= 15 is 0 Å². The summed E-state index contributed by atoms with van der Waals surface area (Å²) in [6, 6.07) is 7.99. The van der Waals surface area contributed by atoms with Gasteiger partial charge in [0.25, 0.3) is 0 Å². The maximum atomic E-state index is 5.17. The van der Waals surface area contributed by atoms with E-state index < -0.39 is 0 Å². The molecule has 1 saturated carbocycles. The second-order valence-corrected chi connectivity index (χ2v) is 5.31. The van der Waals surface area contributed by atoms with Crippen molar-refractivity contribution in [3.8, 4) is 5.75 Å². The van der Waals surface area contributed by atoms with Crippen LogP contribution in [0.5, 0.6) is 5.75 Å². The van der Waals surface area contributed by atoms with Crippen LogP contribution in [0.1, 0.15) is 37.7 Å². The van der Waals surface area contributed by atoms with Crippen molar-refractivity contribution in [1.82, 2.24) is 0 Å². The predicted octanol–water partition coefficient (Wildman–Crippen LogP) is 3.48. The molecule has 1 aromatic carbocycles. The largest absolute Gasteiger partial charge is 0.497 e. The number of rotatable bonds is 3. The number of amidine groups is 1. The van der Waals surface area contributed by atoms with Crippen LogP contribution in [-0.4, -0.2) is 25.2 Å². The van der Waals surface area contributed by atoms with E-state index in [0.29, 0.717) is 5.92 Å². The van der Waals surface area contributed by atoms with Crippen molar-refractivity contribution in [2.75, 3.05) is 13.7 Å². The zero-order chi connectivity index (χ0) is 13.1. The molecule has 3 rings (SSSR count). The summed E-state index contributed by atoms with van der Waals surface area (Å²) >= 11 is 0. The summed E-state index contributed by atoms with van der Waals surface area (Å²) in [5.41, 5.74) is 2.39. The molecule has 0 atom stereocenters. The molecular formula is C16H20N2O. The normalized spacial score (nSPS) is 20.1. The Hall–Kier alpha value is -1.64. The summed E-state index contributed by atoms with van der Waals surface area (Å²) in [4.78, 5) is 9.35. The van der Waals surface area contributed by atoms with Crippen LogP contribution in [0.2, 0.25) is 0 Å². The van der Waals surface area contributed by atoms with Gasteiger partial charge in [-0.1, -0.05) is 19.3 Å². The summed E-state index contributed by atoms with van der Waals surface area (Å²) in [7, 11) is 1.68. The molecule has 0 N–H and O–H groups in total. The molecular weight excluding hydrogens is 236 g/mol. The average Bonchev–Trinajstić information content (AvgIpc) is 2.98. The fourth-order valence-electron chi connectivity index (χ4n) is 2.91. The van der Waals surface area contributed by atoms with Gasteiger partial charge in [0.1, 0.15) is 5.75 Å². The number of aliphatic imine (C=N–C) groups is 2. The summed E-state index contributed by atoms with van der Waals surface area (Å²) < 4.78 is 5.17. The van der Waals surface area contributed by atoms with Gasteiger partial charge in [0, 0.05) is 11.3 Å². The molecule has 3 nitrogen and oxygen atoms in total. The number of methoxy groups -OCH3 is 1. The first kappa shape index (κ1) is 12.4. The van der Waals surface area contributed by atoms with Gasteiger partial charge in [0.05, 0.1) is 13.7 Å². The molecule has 1 aliphatic carbocycles. The minimum Gasteiger partial charge on any atom is -0.497 e. The van der Waals surface area contributed by atoms with Gasteiger partial charge in [-0.05, 0) is 43.0 Å². The molecule has 3 heteroatoms. The summed E-state index contributed by atoms with van der Waals surface area (Å²) in [5.74, 6) is 2.44. The van der Waals surface area contributed by atoms with E-state index in [2.05, 4.69) is 4.99 Å². The molecule has 0 unspecified atom stereocenters. The Morgan fingerprint density at radius 1 is 1.05 bits per heavy atom. The lowest BCUT2D eigenvalue weighted by Crippen LogP contribution is -2.18. The van der Waals surface area contributed by atoms with Crippen LogP contribution in [0.25, 0.3) is 0 Å². The van der Waals surface area contributed by atoms with Gasteiger partial charge in [-0.3, -0.25) is 4.99 Å². The molecule has 1 aliphatic heterocycles.